The van der Waals surface area contributed by atoms with Gasteiger partial charge in [-0.3, -0.25) is 14.2 Å². The molecule has 0 radical (unpaired) electrons. The van der Waals surface area contributed by atoms with Gasteiger partial charge in [0.1, 0.15) is 11.7 Å². The van der Waals surface area contributed by atoms with Crippen LogP contribution in [-0.2, 0) is 33.2 Å². The Hall–Kier alpha value is -3.21. The van der Waals surface area contributed by atoms with Crippen LogP contribution in [0, 0.1) is 5.41 Å². The van der Waals surface area contributed by atoms with Gasteiger partial charge >= 0.3 is 0 Å². The molecule has 3 atom stereocenters. The van der Waals surface area contributed by atoms with Crippen LogP contribution >= 0.6 is 7.37 Å². The van der Waals surface area contributed by atoms with E-state index in [9.17, 15) is 19.0 Å². The summed E-state index contributed by atoms with van der Waals surface area (Å²) in [5.74, 6) is -0.912. The maximum Gasteiger partial charge on any atom is 0.242 e. The first-order chi connectivity index (χ1) is 18.0. The number of hydrogen-bond donors (Lipinski definition) is 3. The summed E-state index contributed by atoms with van der Waals surface area (Å²) in [7, 11) is -2.48. The Bertz CT molecular complexity index is 1240. The van der Waals surface area contributed by atoms with Crippen LogP contribution in [0.25, 0.3) is 0 Å². The number of carbonyl (C=O) groups excluding carboxylic acids is 2. The van der Waals surface area contributed by atoms with E-state index < -0.39 is 30.4 Å². The van der Waals surface area contributed by atoms with Gasteiger partial charge < -0.3 is 15.5 Å². The Morgan fingerprint density at radius 1 is 0.789 bits per heavy atom. The predicted octanol–water partition coefficient (Wildman–Crippen LogP) is 5.33. The molecular weight excluding hydrogens is 495 g/mol. The molecule has 2 amide bonds. The van der Waals surface area contributed by atoms with Crippen LogP contribution in [0.5, 0.6) is 0 Å². The first-order valence-electron chi connectivity index (χ1n) is 13.0. The molecule has 3 N–H and O–H groups in total. The quantitative estimate of drug-likeness (QED) is 0.290. The van der Waals surface area contributed by atoms with E-state index in [0.717, 1.165) is 17.5 Å². The molecular formula is C31H39N2O4P. The Morgan fingerprint density at radius 2 is 1.29 bits per heavy atom. The molecule has 0 spiro atoms. The van der Waals surface area contributed by atoms with Crippen molar-refractivity contribution in [3.05, 3.63) is 107 Å². The smallest absolute Gasteiger partial charge is 0.242 e. The van der Waals surface area contributed by atoms with Crippen molar-refractivity contribution >= 4 is 19.2 Å². The van der Waals surface area contributed by atoms with Crippen molar-refractivity contribution in [1.82, 2.24) is 10.6 Å². The van der Waals surface area contributed by atoms with Crippen molar-refractivity contribution in [3.63, 3.8) is 0 Å². The van der Waals surface area contributed by atoms with Gasteiger partial charge in [-0.2, -0.15) is 0 Å². The molecule has 0 aromatic heterocycles. The summed E-state index contributed by atoms with van der Waals surface area (Å²) in [5.41, 5.74) is 2.24. The average molecular weight is 535 g/mol. The molecule has 6 nitrogen and oxygen atoms in total. The lowest BCUT2D eigenvalue weighted by Gasteiger charge is -2.32. The highest BCUT2D eigenvalue weighted by Crippen LogP contribution is 2.51. The lowest BCUT2D eigenvalue weighted by atomic mass is 9.86. The van der Waals surface area contributed by atoms with Crippen molar-refractivity contribution in [3.8, 4) is 0 Å². The topological polar surface area (TPSA) is 95.5 Å². The van der Waals surface area contributed by atoms with Crippen molar-refractivity contribution in [2.75, 3.05) is 7.05 Å². The van der Waals surface area contributed by atoms with E-state index in [4.69, 9.17) is 0 Å². The van der Waals surface area contributed by atoms with E-state index in [2.05, 4.69) is 22.8 Å². The lowest BCUT2D eigenvalue weighted by molar-refractivity contribution is -0.131. The molecule has 0 bridgehead atoms. The molecule has 0 saturated carbocycles. The molecule has 202 valence electrons. The second-order valence-electron chi connectivity index (χ2n) is 10.9. The number of amides is 2. The fourth-order valence-electron chi connectivity index (χ4n) is 4.49. The van der Waals surface area contributed by atoms with Crippen molar-refractivity contribution < 1.29 is 19.0 Å². The maximum absolute atomic E-state index is 13.8. The molecule has 0 aliphatic carbocycles. The number of carbonyl (C=O) groups is 2. The van der Waals surface area contributed by atoms with Crippen LogP contribution < -0.4 is 10.6 Å². The number of hydrogen-bond acceptors (Lipinski definition) is 3. The molecule has 0 heterocycles. The van der Waals surface area contributed by atoms with Gasteiger partial charge in [0, 0.05) is 7.05 Å². The van der Waals surface area contributed by atoms with E-state index in [1.807, 2.05) is 93.6 Å². The zero-order chi connectivity index (χ0) is 27.8. The molecule has 0 aliphatic rings. The van der Waals surface area contributed by atoms with Gasteiger partial charge in [-0.25, -0.2) is 0 Å². The number of rotatable bonds is 11. The number of aryl methyl sites for hydroxylation is 1. The maximum atomic E-state index is 13.8. The molecule has 38 heavy (non-hydrogen) atoms. The third kappa shape index (κ3) is 8.41. The molecule has 7 heteroatoms. The second-order valence-corrected chi connectivity index (χ2v) is 13.3. The third-order valence-corrected chi connectivity index (χ3v) is 8.97. The van der Waals surface area contributed by atoms with Crippen LogP contribution in [0.3, 0.4) is 0 Å². The largest absolute Gasteiger partial charge is 0.357 e. The fraction of sp³-hybridized carbons (Fsp3) is 0.355. The highest BCUT2D eigenvalue weighted by molar-refractivity contribution is 7.59. The fourth-order valence-corrected chi connectivity index (χ4v) is 6.42. The molecule has 3 aromatic rings. The molecule has 0 fully saturated rings. The van der Waals surface area contributed by atoms with Crippen LogP contribution in [0.2, 0.25) is 0 Å². The predicted molar refractivity (Wildman–Crippen MR) is 153 cm³/mol. The molecule has 3 rings (SSSR count). The number of nitrogens with one attached hydrogen (secondary N) is 2. The average Bonchev–Trinajstić information content (AvgIpc) is 2.88. The van der Waals surface area contributed by atoms with Crippen LogP contribution in [0.1, 0.15) is 49.4 Å². The van der Waals surface area contributed by atoms with E-state index in [1.54, 1.807) is 0 Å². The van der Waals surface area contributed by atoms with Gasteiger partial charge in [-0.1, -0.05) is 106 Å². The van der Waals surface area contributed by atoms with Crippen molar-refractivity contribution in [2.45, 2.75) is 57.9 Å². The van der Waals surface area contributed by atoms with Gasteiger partial charge in [0.05, 0.1) is 6.16 Å². The zero-order valence-electron chi connectivity index (χ0n) is 22.7. The van der Waals surface area contributed by atoms with E-state index >= 15 is 0 Å². The normalized spacial score (nSPS) is 14.7. The Labute approximate surface area is 226 Å². The van der Waals surface area contributed by atoms with Crippen LogP contribution in [0.4, 0.5) is 0 Å². The van der Waals surface area contributed by atoms with Gasteiger partial charge in [0.15, 0.2) is 0 Å². The summed E-state index contributed by atoms with van der Waals surface area (Å²) in [6, 6.07) is 26.5. The monoisotopic (exact) mass is 534 g/mol. The zero-order valence-corrected chi connectivity index (χ0v) is 23.6. The first-order valence-corrected chi connectivity index (χ1v) is 14.9. The molecule has 0 saturated heterocycles. The summed E-state index contributed by atoms with van der Waals surface area (Å²) in [6.07, 6.45) is 1.32. The first kappa shape index (κ1) is 29.3. The summed E-state index contributed by atoms with van der Waals surface area (Å²) >= 11 is 0. The lowest BCUT2D eigenvalue weighted by Crippen LogP contribution is -2.55. The van der Waals surface area contributed by atoms with E-state index in [-0.39, 0.29) is 18.5 Å². The second kappa shape index (κ2) is 13.0. The van der Waals surface area contributed by atoms with Crippen LogP contribution in [-0.4, -0.2) is 35.5 Å². The molecule has 2 unspecified atom stereocenters. The minimum Gasteiger partial charge on any atom is -0.357 e. The SMILES string of the molecule is CNC(=O)[C@@H](NC(=O)C(CCc1ccccc1)P(=O)(O)Cc1ccc(Cc2ccccc2)cc1)C(C)(C)C. The van der Waals surface area contributed by atoms with E-state index in [0.29, 0.717) is 12.0 Å². The standard InChI is InChI=1S/C31H39N2O4P/c1-31(2,3)28(30(35)32-4)33-29(34)27(20-19-23-11-7-5-8-12-23)38(36,37)22-26-17-15-25(16-18-26)21-24-13-9-6-10-14-24/h5-18,27-28H,19-22H2,1-4H3,(H,32,35)(H,33,34)(H,36,37)/t27?,28-/m1/s1. The molecule has 3 aromatic carbocycles. The summed E-state index contributed by atoms with van der Waals surface area (Å²) < 4.78 is 13.8. The minimum absolute atomic E-state index is 0.119. The third-order valence-electron chi connectivity index (χ3n) is 6.68. The van der Waals surface area contributed by atoms with Crippen molar-refractivity contribution in [1.29, 1.82) is 0 Å². The minimum atomic E-state index is -3.99. The Morgan fingerprint density at radius 3 is 1.82 bits per heavy atom. The van der Waals surface area contributed by atoms with Crippen molar-refractivity contribution in [2.24, 2.45) is 5.41 Å². The van der Waals surface area contributed by atoms with Gasteiger partial charge in [-0.15, -0.1) is 0 Å². The van der Waals surface area contributed by atoms with Gasteiger partial charge in [0.25, 0.3) is 0 Å². The Kier molecular flexibility index (Phi) is 10.1. The summed E-state index contributed by atoms with van der Waals surface area (Å²) in [6.45, 7) is 5.55. The van der Waals surface area contributed by atoms with Crippen LogP contribution in [0.15, 0.2) is 84.9 Å². The summed E-state index contributed by atoms with van der Waals surface area (Å²) in [5, 5.41) is 5.38. The summed E-state index contributed by atoms with van der Waals surface area (Å²) in [4.78, 5) is 37.3. The number of likely N-dealkylation sites (N-methyl/N-ethyl adjacent to an activating group) is 1. The molecule has 0 aliphatic heterocycles. The van der Waals surface area contributed by atoms with E-state index in [1.165, 1.54) is 12.6 Å². The highest BCUT2D eigenvalue weighted by atomic mass is 31.2. The van der Waals surface area contributed by atoms with Gasteiger partial charge in [0.2, 0.25) is 19.2 Å². The number of benzene rings is 3. The highest BCUT2D eigenvalue weighted by Gasteiger charge is 2.40. The van der Waals surface area contributed by atoms with Gasteiger partial charge in [-0.05, 0) is 46.9 Å². The Balaban J connectivity index is 1.81.